The van der Waals surface area contributed by atoms with E-state index in [1.807, 2.05) is 50.2 Å². The summed E-state index contributed by atoms with van der Waals surface area (Å²) in [6, 6.07) is 15.3. The molecule has 2 aromatic carbocycles. The van der Waals surface area contributed by atoms with Crippen LogP contribution in [0.5, 0.6) is 5.75 Å². The second-order valence-electron chi connectivity index (χ2n) is 7.78. The number of hydrogen-bond donors (Lipinski definition) is 1. The molecular weight excluding hydrogens is 404 g/mol. The minimum Gasteiger partial charge on any atom is -0.497 e. The first-order valence-electron chi connectivity index (χ1n) is 10.9. The average Bonchev–Trinajstić information content (AvgIpc) is 3.31. The summed E-state index contributed by atoms with van der Waals surface area (Å²) < 4.78 is 10.9. The summed E-state index contributed by atoms with van der Waals surface area (Å²) in [5.74, 6) is 1.65. The summed E-state index contributed by atoms with van der Waals surface area (Å²) in [7, 11) is 1.63. The van der Waals surface area contributed by atoms with Gasteiger partial charge < -0.3 is 14.6 Å². The maximum Gasteiger partial charge on any atom is 0.322 e. The van der Waals surface area contributed by atoms with Crippen LogP contribution in [0, 0.1) is 0 Å². The molecule has 2 heterocycles. The Balaban J connectivity index is 1.77. The molecule has 7 heteroatoms. The third-order valence-electron chi connectivity index (χ3n) is 5.77. The molecule has 1 N–H and O–H groups in total. The lowest BCUT2D eigenvalue weighted by Gasteiger charge is -2.35. The van der Waals surface area contributed by atoms with Crippen molar-refractivity contribution in [3.8, 4) is 17.1 Å². The molecule has 1 atom stereocenters. The molecule has 0 radical (unpaired) electrons. The molecule has 3 aromatic rings. The Morgan fingerprint density at radius 2 is 1.81 bits per heavy atom. The van der Waals surface area contributed by atoms with E-state index < -0.39 is 0 Å². The van der Waals surface area contributed by atoms with Crippen molar-refractivity contribution >= 4 is 11.6 Å². The van der Waals surface area contributed by atoms with Crippen molar-refractivity contribution in [2.24, 2.45) is 0 Å². The van der Waals surface area contributed by atoms with Gasteiger partial charge in [0, 0.05) is 17.8 Å². The van der Waals surface area contributed by atoms with Crippen LogP contribution in [0.3, 0.4) is 0 Å². The highest BCUT2D eigenvalue weighted by Gasteiger charge is 2.35. The number of ether oxygens (including phenoxy) is 1. The molecule has 0 bridgehead atoms. The standard InChI is InChI=1S/C25H28N4O3/c1-5-15-29-16(3)21(22(26-25(29)30)18-9-7-17(6-2)8-10-18)24-27-23(28-32-24)19-11-13-20(31-4)14-12-19/h7-14,22H,5-6,15H2,1-4H3,(H,26,30). The van der Waals surface area contributed by atoms with Gasteiger partial charge in [-0.25, -0.2) is 4.79 Å². The van der Waals surface area contributed by atoms with Crippen molar-refractivity contribution < 1.29 is 14.1 Å². The molecule has 1 aliphatic rings. The Bertz CT molecular complexity index is 1120. The number of nitrogens with zero attached hydrogens (tertiary/aromatic N) is 3. The molecule has 1 unspecified atom stereocenters. The topological polar surface area (TPSA) is 80.5 Å². The molecule has 0 aliphatic carbocycles. The van der Waals surface area contributed by atoms with Crippen molar-refractivity contribution in [2.45, 2.75) is 39.7 Å². The number of carbonyl (C=O) groups excluding carboxylic acids is 1. The second-order valence-corrected chi connectivity index (χ2v) is 7.78. The largest absolute Gasteiger partial charge is 0.497 e. The fourth-order valence-corrected chi connectivity index (χ4v) is 3.94. The molecule has 166 valence electrons. The van der Waals surface area contributed by atoms with Crippen LogP contribution in [-0.4, -0.2) is 34.7 Å². The first-order chi connectivity index (χ1) is 15.5. The Morgan fingerprint density at radius 1 is 1.09 bits per heavy atom. The van der Waals surface area contributed by atoms with Gasteiger partial charge in [0.25, 0.3) is 5.89 Å². The van der Waals surface area contributed by atoms with E-state index in [0.29, 0.717) is 18.3 Å². The normalized spacial score (nSPS) is 16.3. The minimum atomic E-state index is -0.370. The van der Waals surface area contributed by atoms with Crippen LogP contribution in [0.2, 0.25) is 0 Å². The number of carbonyl (C=O) groups is 1. The van der Waals surface area contributed by atoms with Crippen molar-refractivity contribution in [3.63, 3.8) is 0 Å². The smallest absolute Gasteiger partial charge is 0.322 e. The van der Waals surface area contributed by atoms with Gasteiger partial charge in [0.1, 0.15) is 5.75 Å². The van der Waals surface area contributed by atoms with Gasteiger partial charge in [0.15, 0.2) is 0 Å². The molecule has 0 fully saturated rings. The summed E-state index contributed by atoms with van der Waals surface area (Å²) >= 11 is 0. The first-order valence-corrected chi connectivity index (χ1v) is 10.9. The Hall–Kier alpha value is -3.61. The van der Waals surface area contributed by atoms with E-state index in [1.54, 1.807) is 12.0 Å². The van der Waals surface area contributed by atoms with E-state index >= 15 is 0 Å². The first kappa shape index (κ1) is 21.6. The van der Waals surface area contributed by atoms with Gasteiger partial charge in [-0.2, -0.15) is 4.98 Å². The number of methoxy groups -OCH3 is 1. The number of urea groups is 1. The Morgan fingerprint density at radius 3 is 2.44 bits per heavy atom. The zero-order valence-corrected chi connectivity index (χ0v) is 18.9. The number of nitrogens with one attached hydrogen (secondary N) is 1. The van der Waals surface area contributed by atoms with Crippen LogP contribution in [0.15, 0.2) is 58.8 Å². The predicted molar refractivity (Wildman–Crippen MR) is 123 cm³/mol. The van der Waals surface area contributed by atoms with Crippen LogP contribution < -0.4 is 10.1 Å². The summed E-state index contributed by atoms with van der Waals surface area (Å²) in [6.07, 6.45) is 1.80. The molecule has 32 heavy (non-hydrogen) atoms. The van der Waals surface area contributed by atoms with Crippen LogP contribution >= 0.6 is 0 Å². The summed E-state index contributed by atoms with van der Waals surface area (Å²) in [6.45, 7) is 6.72. The third-order valence-corrected chi connectivity index (χ3v) is 5.77. The molecule has 0 saturated carbocycles. The number of aromatic nitrogens is 2. The highest BCUT2D eigenvalue weighted by molar-refractivity contribution is 5.86. The lowest BCUT2D eigenvalue weighted by molar-refractivity contribution is 0.205. The zero-order chi connectivity index (χ0) is 22.7. The van der Waals surface area contributed by atoms with E-state index in [-0.39, 0.29) is 12.1 Å². The van der Waals surface area contributed by atoms with Gasteiger partial charge in [-0.05, 0) is 55.2 Å². The number of hydrogen-bond acceptors (Lipinski definition) is 5. The highest BCUT2D eigenvalue weighted by Crippen LogP contribution is 2.37. The fourth-order valence-electron chi connectivity index (χ4n) is 3.94. The molecule has 1 aromatic heterocycles. The summed E-state index contributed by atoms with van der Waals surface area (Å²) in [5, 5.41) is 7.34. The molecule has 7 nitrogen and oxygen atoms in total. The third kappa shape index (κ3) is 4.10. The quantitative estimate of drug-likeness (QED) is 0.554. The molecule has 4 rings (SSSR count). The Kier molecular flexibility index (Phi) is 6.25. The van der Waals surface area contributed by atoms with Crippen LogP contribution in [0.1, 0.15) is 50.3 Å². The second kappa shape index (κ2) is 9.26. The van der Waals surface area contributed by atoms with E-state index in [9.17, 15) is 4.79 Å². The van der Waals surface area contributed by atoms with Gasteiger partial charge in [-0.3, -0.25) is 4.90 Å². The number of benzene rings is 2. The van der Waals surface area contributed by atoms with Crippen LogP contribution in [0.25, 0.3) is 17.0 Å². The monoisotopic (exact) mass is 432 g/mol. The van der Waals surface area contributed by atoms with Crippen LogP contribution in [0.4, 0.5) is 4.79 Å². The lowest BCUT2D eigenvalue weighted by Crippen LogP contribution is -2.46. The summed E-state index contributed by atoms with van der Waals surface area (Å²) in [4.78, 5) is 19.3. The van der Waals surface area contributed by atoms with Crippen LogP contribution in [-0.2, 0) is 6.42 Å². The Labute approximate surface area is 188 Å². The van der Waals surface area contributed by atoms with Gasteiger partial charge >= 0.3 is 6.03 Å². The van der Waals surface area contributed by atoms with Crippen molar-refractivity contribution in [3.05, 3.63) is 71.2 Å². The maximum atomic E-state index is 12.9. The highest BCUT2D eigenvalue weighted by atomic mass is 16.5. The van der Waals surface area contributed by atoms with E-state index in [0.717, 1.165) is 41.0 Å². The molecular formula is C25H28N4O3. The van der Waals surface area contributed by atoms with Gasteiger partial charge in [-0.1, -0.05) is 43.3 Å². The molecule has 0 spiro atoms. The molecule has 2 amide bonds. The SMILES string of the molecule is CCCN1C(=O)NC(c2ccc(CC)cc2)C(c2nc(-c3ccc(OC)cc3)no2)=C1C. The maximum absolute atomic E-state index is 12.9. The minimum absolute atomic E-state index is 0.118. The molecule has 1 aliphatic heterocycles. The van der Waals surface area contributed by atoms with Gasteiger partial charge in [0.2, 0.25) is 5.82 Å². The van der Waals surface area contributed by atoms with Crippen molar-refractivity contribution in [1.29, 1.82) is 0 Å². The van der Waals surface area contributed by atoms with Gasteiger partial charge in [0.05, 0.1) is 18.7 Å². The number of allylic oxidation sites excluding steroid dienone is 1. The van der Waals surface area contributed by atoms with Crippen molar-refractivity contribution in [2.75, 3.05) is 13.7 Å². The van der Waals surface area contributed by atoms with E-state index in [1.165, 1.54) is 5.56 Å². The van der Waals surface area contributed by atoms with E-state index in [4.69, 9.17) is 9.26 Å². The zero-order valence-electron chi connectivity index (χ0n) is 18.9. The average molecular weight is 433 g/mol. The molecule has 0 saturated heterocycles. The fraction of sp³-hybridized carbons (Fsp3) is 0.320. The number of rotatable bonds is 7. The van der Waals surface area contributed by atoms with Crippen molar-refractivity contribution in [1.82, 2.24) is 20.4 Å². The number of amides is 2. The van der Waals surface area contributed by atoms with Gasteiger partial charge in [-0.15, -0.1) is 0 Å². The van der Waals surface area contributed by atoms with E-state index in [2.05, 4.69) is 34.5 Å². The lowest BCUT2D eigenvalue weighted by atomic mass is 9.93. The number of aryl methyl sites for hydroxylation is 1. The summed E-state index contributed by atoms with van der Waals surface area (Å²) in [5.41, 5.74) is 4.68. The predicted octanol–water partition coefficient (Wildman–Crippen LogP) is 5.22.